The Labute approximate surface area is 141 Å². The third-order valence-electron chi connectivity index (χ3n) is 3.55. The molecule has 0 saturated carbocycles. The van der Waals surface area contributed by atoms with Crippen LogP contribution < -0.4 is 0 Å². The van der Waals surface area contributed by atoms with E-state index < -0.39 is 5.92 Å². The molecule has 0 bridgehead atoms. The van der Waals surface area contributed by atoms with Crippen LogP contribution in [0.15, 0.2) is 59.2 Å². The number of rotatable bonds is 7. The number of hydrogen-bond acceptors (Lipinski definition) is 4. The van der Waals surface area contributed by atoms with Crippen LogP contribution in [0.3, 0.4) is 0 Å². The van der Waals surface area contributed by atoms with Gasteiger partial charge in [-0.1, -0.05) is 37.3 Å². The fourth-order valence-electron chi connectivity index (χ4n) is 2.27. The van der Waals surface area contributed by atoms with Crippen LogP contribution in [-0.4, -0.2) is 30.4 Å². The van der Waals surface area contributed by atoms with Gasteiger partial charge in [-0.05, 0) is 23.8 Å². The first-order valence-electron chi connectivity index (χ1n) is 7.72. The average molecular weight is 327 g/mol. The van der Waals surface area contributed by atoms with Gasteiger partial charge in [0.2, 0.25) is 5.91 Å². The number of carbonyl (C=O) groups is 2. The van der Waals surface area contributed by atoms with E-state index in [0.29, 0.717) is 12.3 Å². The van der Waals surface area contributed by atoms with Crippen molar-refractivity contribution >= 4 is 18.0 Å². The second kappa shape index (κ2) is 8.72. The molecule has 0 radical (unpaired) electrons. The Kier molecular flexibility index (Phi) is 6.37. The molecule has 0 N–H and O–H groups in total. The van der Waals surface area contributed by atoms with Gasteiger partial charge in [-0.2, -0.15) is 0 Å². The molecule has 0 saturated heterocycles. The second-order valence-corrected chi connectivity index (χ2v) is 5.47. The number of ether oxygens (including phenoxy) is 1. The Hall–Kier alpha value is -2.82. The highest BCUT2D eigenvalue weighted by molar-refractivity contribution is 5.92. The van der Waals surface area contributed by atoms with Crippen LogP contribution in [0.5, 0.6) is 0 Å². The molecule has 0 aliphatic carbocycles. The van der Waals surface area contributed by atoms with Gasteiger partial charge in [-0.3, -0.25) is 9.59 Å². The van der Waals surface area contributed by atoms with Crippen molar-refractivity contribution in [3.8, 4) is 0 Å². The lowest BCUT2D eigenvalue weighted by Gasteiger charge is -2.23. The number of amides is 1. The van der Waals surface area contributed by atoms with Gasteiger partial charge in [-0.25, -0.2) is 0 Å². The number of methoxy groups -OCH3 is 1. The molecule has 1 atom stereocenters. The molecule has 126 valence electrons. The molecular weight excluding hydrogens is 306 g/mol. The normalized spacial score (nSPS) is 12.1. The Balaban J connectivity index is 2.10. The Morgan fingerprint density at radius 1 is 1.21 bits per heavy atom. The average Bonchev–Trinajstić information content (AvgIpc) is 3.12. The van der Waals surface area contributed by atoms with Crippen molar-refractivity contribution in [2.45, 2.75) is 13.5 Å². The number of furan rings is 1. The summed E-state index contributed by atoms with van der Waals surface area (Å²) in [7, 11) is 1.34. The molecule has 5 nitrogen and oxygen atoms in total. The molecule has 2 rings (SSSR count). The second-order valence-electron chi connectivity index (χ2n) is 5.47. The predicted octanol–water partition coefficient (Wildman–Crippen LogP) is 3.13. The smallest absolute Gasteiger partial charge is 0.310 e. The Bertz CT molecular complexity index is 677. The van der Waals surface area contributed by atoms with Crippen LogP contribution in [0.2, 0.25) is 0 Å². The molecule has 0 aliphatic heterocycles. The molecule has 1 heterocycles. The minimum atomic E-state index is -0.418. The van der Waals surface area contributed by atoms with Crippen molar-refractivity contribution in [3.63, 3.8) is 0 Å². The van der Waals surface area contributed by atoms with Crippen molar-refractivity contribution < 1.29 is 18.7 Å². The summed E-state index contributed by atoms with van der Waals surface area (Å²) in [5.74, 6) is -0.294. The summed E-state index contributed by atoms with van der Waals surface area (Å²) in [6.07, 6.45) is 4.81. The number of benzene rings is 1. The first-order chi connectivity index (χ1) is 11.6. The van der Waals surface area contributed by atoms with Crippen LogP contribution in [0.25, 0.3) is 6.08 Å². The topological polar surface area (TPSA) is 59.8 Å². The summed E-state index contributed by atoms with van der Waals surface area (Å²) in [5.41, 5.74) is 0.935. The summed E-state index contributed by atoms with van der Waals surface area (Å²) in [6.45, 7) is 2.28. The van der Waals surface area contributed by atoms with E-state index in [0.717, 1.165) is 5.56 Å². The quantitative estimate of drug-likeness (QED) is 0.579. The van der Waals surface area contributed by atoms with Crippen LogP contribution in [0.1, 0.15) is 18.2 Å². The maximum atomic E-state index is 12.5. The monoisotopic (exact) mass is 327 g/mol. The molecule has 0 fully saturated rings. The number of nitrogens with zero attached hydrogens (tertiary/aromatic N) is 1. The van der Waals surface area contributed by atoms with Crippen molar-refractivity contribution in [2.24, 2.45) is 5.92 Å². The van der Waals surface area contributed by atoms with E-state index in [1.807, 2.05) is 30.3 Å². The van der Waals surface area contributed by atoms with Gasteiger partial charge in [0.25, 0.3) is 0 Å². The Morgan fingerprint density at radius 2 is 1.96 bits per heavy atom. The third kappa shape index (κ3) is 5.12. The van der Waals surface area contributed by atoms with Crippen molar-refractivity contribution in [1.29, 1.82) is 0 Å². The zero-order valence-corrected chi connectivity index (χ0v) is 13.8. The largest absolute Gasteiger partial charge is 0.469 e. The van der Waals surface area contributed by atoms with Crippen molar-refractivity contribution in [3.05, 3.63) is 66.1 Å². The highest BCUT2D eigenvalue weighted by atomic mass is 16.5. The summed E-state index contributed by atoms with van der Waals surface area (Å²) in [6, 6.07) is 13.1. The van der Waals surface area contributed by atoms with Crippen LogP contribution in [0.4, 0.5) is 0 Å². The van der Waals surface area contributed by atoms with E-state index in [9.17, 15) is 9.59 Å². The molecule has 24 heavy (non-hydrogen) atoms. The van der Waals surface area contributed by atoms with Gasteiger partial charge in [0.1, 0.15) is 5.76 Å². The molecule has 0 spiro atoms. The van der Waals surface area contributed by atoms with Gasteiger partial charge >= 0.3 is 5.97 Å². The zero-order chi connectivity index (χ0) is 17.4. The molecule has 1 aromatic carbocycles. The maximum absolute atomic E-state index is 12.5. The number of carbonyl (C=O) groups excluding carboxylic acids is 2. The van der Waals surface area contributed by atoms with Gasteiger partial charge in [0, 0.05) is 12.6 Å². The van der Waals surface area contributed by atoms with E-state index in [1.165, 1.54) is 13.2 Å². The number of esters is 1. The fraction of sp³-hybridized carbons (Fsp3) is 0.263. The SMILES string of the molecule is COC(=O)C(C)CN(Cc1ccco1)C(=O)/C=C/c1ccccc1. The van der Waals surface area contributed by atoms with Crippen molar-refractivity contribution in [2.75, 3.05) is 13.7 Å². The lowest BCUT2D eigenvalue weighted by molar-refractivity contribution is -0.146. The van der Waals surface area contributed by atoms with E-state index in [-0.39, 0.29) is 18.4 Å². The third-order valence-corrected chi connectivity index (χ3v) is 3.55. The molecular formula is C19H21NO4. The van der Waals surface area contributed by atoms with Crippen LogP contribution in [-0.2, 0) is 20.9 Å². The summed E-state index contributed by atoms with van der Waals surface area (Å²) in [5, 5.41) is 0. The minimum Gasteiger partial charge on any atom is -0.469 e. The number of hydrogen-bond donors (Lipinski definition) is 0. The summed E-state index contributed by atoms with van der Waals surface area (Å²) in [4.78, 5) is 25.8. The lowest BCUT2D eigenvalue weighted by atomic mass is 10.1. The van der Waals surface area contributed by atoms with E-state index >= 15 is 0 Å². The zero-order valence-electron chi connectivity index (χ0n) is 13.8. The highest BCUT2D eigenvalue weighted by Gasteiger charge is 2.21. The molecule has 1 aromatic heterocycles. The van der Waals surface area contributed by atoms with Crippen LogP contribution in [0, 0.1) is 5.92 Å². The van der Waals surface area contributed by atoms with Gasteiger partial charge in [0.15, 0.2) is 0 Å². The lowest BCUT2D eigenvalue weighted by Crippen LogP contribution is -2.35. The first-order valence-corrected chi connectivity index (χ1v) is 7.72. The standard InChI is InChI=1S/C19H21NO4/c1-15(19(22)23-2)13-20(14-17-9-6-12-24-17)18(21)11-10-16-7-4-3-5-8-16/h3-12,15H,13-14H2,1-2H3/b11-10+. The molecule has 0 aliphatic rings. The van der Waals surface area contributed by atoms with E-state index in [2.05, 4.69) is 0 Å². The molecule has 5 heteroatoms. The highest BCUT2D eigenvalue weighted by Crippen LogP contribution is 2.11. The van der Waals surface area contributed by atoms with Crippen molar-refractivity contribution in [1.82, 2.24) is 4.90 Å². The Morgan fingerprint density at radius 3 is 2.58 bits per heavy atom. The van der Waals surface area contributed by atoms with Gasteiger partial charge in [-0.15, -0.1) is 0 Å². The first kappa shape index (κ1) is 17.5. The van der Waals surface area contributed by atoms with Gasteiger partial charge in [0.05, 0.1) is 25.8 Å². The van der Waals surface area contributed by atoms with Gasteiger partial charge < -0.3 is 14.1 Å². The molecule has 2 aromatic rings. The van der Waals surface area contributed by atoms with E-state index in [4.69, 9.17) is 9.15 Å². The van der Waals surface area contributed by atoms with E-state index in [1.54, 1.807) is 36.3 Å². The predicted molar refractivity (Wildman–Crippen MR) is 90.8 cm³/mol. The molecule has 1 amide bonds. The summed E-state index contributed by atoms with van der Waals surface area (Å²) >= 11 is 0. The molecule has 1 unspecified atom stereocenters. The fourth-order valence-corrected chi connectivity index (χ4v) is 2.27. The summed E-state index contributed by atoms with van der Waals surface area (Å²) < 4.78 is 10.0. The minimum absolute atomic E-state index is 0.189. The van der Waals surface area contributed by atoms with Crippen LogP contribution >= 0.6 is 0 Å². The maximum Gasteiger partial charge on any atom is 0.310 e.